The fourth-order valence-corrected chi connectivity index (χ4v) is 2.41. The number of aromatic nitrogens is 1. The molecule has 1 heterocycles. The lowest BCUT2D eigenvalue weighted by Crippen LogP contribution is -2.16. The van der Waals surface area contributed by atoms with Crippen molar-refractivity contribution in [2.75, 3.05) is 6.54 Å². The van der Waals surface area contributed by atoms with Gasteiger partial charge in [-0.1, -0.05) is 39.7 Å². The van der Waals surface area contributed by atoms with Gasteiger partial charge >= 0.3 is 0 Å². The van der Waals surface area contributed by atoms with Gasteiger partial charge in [0.1, 0.15) is 0 Å². The van der Waals surface area contributed by atoms with Gasteiger partial charge in [-0.2, -0.15) is 0 Å². The molecule has 0 radical (unpaired) electrons. The van der Waals surface area contributed by atoms with Crippen LogP contribution in [0, 0.1) is 0 Å². The van der Waals surface area contributed by atoms with Crippen LogP contribution >= 0.6 is 27.5 Å². The molecule has 0 aliphatic rings. The number of hydrogen-bond acceptors (Lipinski definition) is 2. The minimum Gasteiger partial charge on any atom is -0.312 e. The quantitative estimate of drug-likeness (QED) is 0.845. The van der Waals surface area contributed by atoms with E-state index in [-0.39, 0.29) is 0 Å². The van der Waals surface area contributed by atoms with Gasteiger partial charge in [0.15, 0.2) is 0 Å². The zero-order chi connectivity index (χ0) is 12.8. The molecule has 1 aromatic heterocycles. The molecule has 0 amide bonds. The second-order valence-electron chi connectivity index (χ2n) is 4.02. The van der Waals surface area contributed by atoms with E-state index in [9.17, 15) is 0 Å². The van der Waals surface area contributed by atoms with Crippen molar-refractivity contribution in [2.45, 2.75) is 13.0 Å². The first kappa shape index (κ1) is 13.5. The monoisotopic (exact) mass is 324 g/mol. The zero-order valence-electron chi connectivity index (χ0n) is 9.87. The maximum absolute atomic E-state index is 6.15. The van der Waals surface area contributed by atoms with Crippen molar-refractivity contribution in [2.24, 2.45) is 0 Å². The van der Waals surface area contributed by atoms with Gasteiger partial charge in [-0.15, -0.1) is 0 Å². The summed E-state index contributed by atoms with van der Waals surface area (Å²) < 4.78 is 1.01. The van der Waals surface area contributed by atoms with Crippen molar-refractivity contribution >= 4 is 27.5 Å². The van der Waals surface area contributed by atoms with E-state index in [1.165, 1.54) is 5.56 Å². The number of benzene rings is 1. The molecule has 4 heteroatoms. The molecular formula is C14H14BrClN2. The number of hydrogen-bond donors (Lipinski definition) is 1. The summed E-state index contributed by atoms with van der Waals surface area (Å²) in [5.41, 5.74) is 2.36. The number of rotatable bonds is 5. The molecule has 1 N–H and O–H groups in total. The Morgan fingerprint density at radius 3 is 2.89 bits per heavy atom. The Balaban J connectivity index is 1.79. The number of nitrogens with one attached hydrogen (secondary N) is 1. The Morgan fingerprint density at radius 1 is 1.28 bits per heavy atom. The average Bonchev–Trinajstić information content (AvgIpc) is 2.38. The fourth-order valence-electron chi connectivity index (χ4n) is 1.67. The third kappa shape index (κ3) is 4.09. The molecule has 0 atom stereocenters. The summed E-state index contributed by atoms with van der Waals surface area (Å²) in [4.78, 5) is 4.09. The van der Waals surface area contributed by atoms with E-state index in [1.807, 2.05) is 30.5 Å². The maximum Gasteiger partial charge on any atom is 0.0462 e. The predicted molar refractivity (Wildman–Crippen MR) is 78.8 cm³/mol. The van der Waals surface area contributed by atoms with Gasteiger partial charge in [-0.25, -0.2) is 0 Å². The largest absolute Gasteiger partial charge is 0.312 e. The molecule has 2 aromatic rings. The van der Waals surface area contributed by atoms with Crippen LogP contribution in [0.1, 0.15) is 11.1 Å². The summed E-state index contributed by atoms with van der Waals surface area (Å²) >= 11 is 9.54. The summed E-state index contributed by atoms with van der Waals surface area (Å²) in [5.74, 6) is 0. The smallest absolute Gasteiger partial charge is 0.0462 e. The Labute approximate surface area is 121 Å². The van der Waals surface area contributed by atoms with Crippen molar-refractivity contribution in [1.29, 1.82) is 0 Å². The second kappa shape index (κ2) is 6.88. The number of halogens is 2. The minimum absolute atomic E-state index is 0.784. The molecule has 0 saturated heterocycles. The molecule has 0 saturated carbocycles. The Hall–Kier alpha value is -0.900. The standard InChI is InChI=1S/C14H14BrClN2/c15-13-4-3-12(14(16)8-13)10-18-7-5-11-2-1-6-17-9-11/h1-4,6,8-9,18H,5,7,10H2. The number of pyridine rings is 1. The van der Waals surface area contributed by atoms with Crippen LogP contribution in [0.2, 0.25) is 5.02 Å². The van der Waals surface area contributed by atoms with E-state index in [0.717, 1.165) is 34.6 Å². The van der Waals surface area contributed by atoms with Gasteiger partial charge in [-0.05, 0) is 42.3 Å². The average molecular weight is 326 g/mol. The van der Waals surface area contributed by atoms with Crippen LogP contribution in [0.3, 0.4) is 0 Å². The predicted octanol–water partition coefficient (Wildman–Crippen LogP) is 3.83. The molecule has 0 bridgehead atoms. The fraction of sp³-hybridized carbons (Fsp3) is 0.214. The first-order chi connectivity index (χ1) is 8.75. The van der Waals surface area contributed by atoms with Gasteiger partial charge in [0.2, 0.25) is 0 Å². The van der Waals surface area contributed by atoms with Crippen molar-refractivity contribution in [3.05, 3.63) is 63.3 Å². The SMILES string of the molecule is Clc1cc(Br)ccc1CNCCc1cccnc1. The summed E-state index contributed by atoms with van der Waals surface area (Å²) in [6, 6.07) is 10.00. The molecule has 0 aliphatic heterocycles. The first-order valence-corrected chi connectivity index (χ1v) is 6.96. The summed E-state index contributed by atoms with van der Waals surface area (Å²) in [6.45, 7) is 1.70. The van der Waals surface area contributed by atoms with E-state index in [4.69, 9.17) is 11.6 Å². The third-order valence-corrected chi connectivity index (χ3v) is 3.49. The molecule has 1 aromatic carbocycles. The summed E-state index contributed by atoms with van der Waals surface area (Å²) in [5, 5.41) is 4.17. The van der Waals surface area contributed by atoms with Crippen LogP contribution in [0.4, 0.5) is 0 Å². The van der Waals surface area contributed by atoms with E-state index < -0.39 is 0 Å². The molecule has 0 fully saturated rings. The lowest BCUT2D eigenvalue weighted by molar-refractivity contribution is 0.686. The van der Waals surface area contributed by atoms with Gasteiger partial charge in [0, 0.05) is 28.4 Å². The van der Waals surface area contributed by atoms with Crippen LogP contribution in [0.5, 0.6) is 0 Å². The van der Waals surface area contributed by atoms with Crippen LogP contribution in [-0.2, 0) is 13.0 Å². The van der Waals surface area contributed by atoms with Crippen LogP contribution in [0.25, 0.3) is 0 Å². The lowest BCUT2D eigenvalue weighted by atomic mass is 10.2. The van der Waals surface area contributed by atoms with Gasteiger partial charge in [-0.3, -0.25) is 4.98 Å². The second-order valence-corrected chi connectivity index (χ2v) is 5.35. The van der Waals surface area contributed by atoms with Gasteiger partial charge in [0.25, 0.3) is 0 Å². The van der Waals surface area contributed by atoms with Crippen molar-refractivity contribution in [3.63, 3.8) is 0 Å². The molecule has 2 rings (SSSR count). The summed E-state index contributed by atoms with van der Waals surface area (Å²) in [7, 11) is 0. The van der Waals surface area contributed by atoms with Crippen LogP contribution in [-0.4, -0.2) is 11.5 Å². The Kier molecular flexibility index (Phi) is 5.17. The highest BCUT2D eigenvalue weighted by Crippen LogP contribution is 2.21. The van der Waals surface area contributed by atoms with Crippen molar-refractivity contribution in [3.8, 4) is 0 Å². The van der Waals surface area contributed by atoms with Crippen molar-refractivity contribution < 1.29 is 0 Å². The molecule has 94 valence electrons. The first-order valence-electron chi connectivity index (χ1n) is 5.79. The van der Waals surface area contributed by atoms with Crippen LogP contribution < -0.4 is 5.32 Å². The summed E-state index contributed by atoms with van der Waals surface area (Å²) in [6.07, 6.45) is 4.66. The number of nitrogens with zero attached hydrogens (tertiary/aromatic N) is 1. The zero-order valence-corrected chi connectivity index (χ0v) is 12.2. The van der Waals surface area contributed by atoms with Gasteiger partial charge in [0.05, 0.1) is 0 Å². The molecule has 0 unspecified atom stereocenters. The third-order valence-electron chi connectivity index (χ3n) is 2.64. The topological polar surface area (TPSA) is 24.9 Å². The normalized spacial score (nSPS) is 10.6. The maximum atomic E-state index is 6.15. The highest BCUT2D eigenvalue weighted by molar-refractivity contribution is 9.10. The highest BCUT2D eigenvalue weighted by Gasteiger charge is 2.00. The van der Waals surface area contributed by atoms with Crippen LogP contribution in [0.15, 0.2) is 47.2 Å². The van der Waals surface area contributed by atoms with Crippen molar-refractivity contribution in [1.82, 2.24) is 10.3 Å². The molecule has 0 spiro atoms. The lowest BCUT2D eigenvalue weighted by Gasteiger charge is -2.07. The molecule has 0 aliphatic carbocycles. The molecule has 2 nitrogen and oxygen atoms in total. The van der Waals surface area contributed by atoms with E-state index in [2.05, 4.69) is 32.3 Å². The molecular weight excluding hydrogens is 312 g/mol. The minimum atomic E-state index is 0.784. The van der Waals surface area contributed by atoms with Gasteiger partial charge < -0.3 is 5.32 Å². The Bertz CT molecular complexity index is 502. The van der Waals surface area contributed by atoms with E-state index in [0.29, 0.717) is 0 Å². The van der Waals surface area contributed by atoms with E-state index >= 15 is 0 Å². The highest BCUT2D eigenvalue weighted by atomic mass is 79.9. The Morgan fingerprint density at radius 2 is 2.17 bits per heavy atom. The molecule has 18 heavy (non-hydrogen) atoms. The van der Waals surface area contributed by atoms with E-state index in [1.54, 1.807) is 6.20 Å².